The lowest BCUT2D eigenvalue weighted by Crippen LogP contribution is -2.57. The van der Waals surface area contributed by atoms with Crippen molar-refractivity contribution in [3.8, 4) is 0 Å². The zero-order valence-electron chi connectivity index (χ0n) is 22.1. The van der Waals surface area contributed by atoms with Crippen molar-refractivity contribution in [2.45, 2.75) is 70.1 Å². The molecule has 214 valence electrons. The number of carboxylic acid groups (broad SMARTS) is 1. The number of amides is 3. The highest BCUT2D eigenvalue weighted by Crippen LogP contribution is 2.08. The second kappa shape index (κ2) is 17.2. The van der Waals surface area contributed by atoms with Crippen LogP contribution in [-0.4, -0.2) is 87.4 Å². The Balaban J connectivity index is 2.99. The molecule has 1 rings (SSSR count). The first kappa shape index (κ1) is 32.7. The fourth-order valence-corrected chi connectivity index (χ4v) is 4.00. The number of carbonyl (C=O) groups is 4. The minimum atomic E-state index is -1.24. The van der Waals surface area contributed by atoms with Gasteiger partial charge in [0.05, 0.1) is 12.4 Å². The summed E-state index contributed by atoms with van der Waals surface area (Å²) in [5, 5.41) is 17.4. The number of thioether (sulfide) groups is 1. The molecule has 0 radical (unpaired) electrons. The van der Waals surface area contributed by atoms with Crippen LogP contribution in [0.2, 0.25) is 0 Å². The van der Waals surface area contributed by atoms with E-state index in [1.807, 2.05) is 20.1 Å². The predicted molar refractivity (Wildman–Crippen MR) is 146 cm³/mol. The summed E-state index contributed by atoms with van der Waals surface area (Å²) in [5.74, 6) is -2.36. The molecule has 0 saturated heterocycles. The number of aromatic amines is 1. The van der Waals surface area contributed by atoms with Gasteiger partial charge in [0.2, 0.25) is 17.7 Å². The molecule has 15 heteroatoms. The van der Waals surface area contributed by atoms with Crippen molar-refractivity contribution in [2.75, 3.05) is 18.6 Å². The van der Waals surface area contributed by atoms with Crippen molar-refractivity contribution in [1.82, 2.24) is 25.9 Å². The van der Waals surface area contributed by atoms with Gasteiger partial charge in [-0.15, -0.1) is 0 Å². The van der Waals surface area contributed by atoms with E-state index in [9.17, 15) is 24.3 Å². The first-order valence-electron chi connectivity index (χ1n) is 12.4. The molecule has 0 aliphatic rings. The van der Waals surface area contributed by atoms with E-state index in [1.165, 1.54) is 24.3 Å². The van der Waals surface area contributed by atoms with Crippen molar-refractivity contribution >= 4 is 41.4 Å². The number of guanidine groups is 1. The molecule has 0 aliphatic carbocycles. The molecule has 1 aromatic heterocycles. The minimum absolute atomic E-state index is 0.0124. The lowest BCUT2D eigenvalue weighted by atomic mass is 10.0. The largest absolute Gasteiger partial charge is 0.480 e. The Hall–Kier alpha value is -3.33. The Morgan fingerprint density at radius 1 is 1.05 bits per heavy atom. The van der Waals surface area contributed by atoms with E-state index in [2.05, 4.69) is 30.9 Å². The van der Waals surface area contributed by atoms with Gasteiger partial charge in [-0.1, -0.05) is 13.8 Å². The van der Waals surface area contributed by atoms with Crippen LogP contribution >= 0.6 is 11.8 Å². The van der Waals surface area contributed by atoms with Gasteiger partial charge in [-0.05, 0) is 43.6 Å². The van der Waals surface area contributed by atoms with Crippen molar-refractivity contribution in [3.05, 3.63) is 18.2 Å². The molecule has 11 N–H and O–H groups in total. The second-order valence-electron chi connectivity index (χ2n) is 9.27. The lowest BCUT2D eigenvalue weighted by molar-refractivity contribution is -0.142. The molecule has 14 nitrogen and oxygen atoms in total. The number of imidazole rings is 1. The minimum Gasteiger partial charge on any atom is -0.480 e. The highest BCUT2D eigenvalue weighted by Gasteiger charge is 2.30. The summed E-state index contributed by atoms with van der Waals surface area (Å²) in [7, 11) is 0. The third kappa shape index (κ3) is 12.8. The van der Waals surface area contributed by atoms with E-state index in [0.717, 1.165) is 0 Å². The zero-order valence-corrected chi connectivity index (χ0v) is 22.9. The van der Waals surface area contributed by atoms with Crippen LogP contribution in [-0.2, 0) is 25.6 Å². The zero-order chi connectivity index (χ0) is 28.7. The molecule has 1 aromatic rings. The summed E-state index contributed by atoms with van der Waals surface area (Å²) in [6.07, 6.45) is 5.95. The van der Waals surface area contributed by atoms with E-state index < -0.39 is 47.9 Å². The summed E-state index contributed by atoms with van der Waals surface area (Å²) in [4.78, 5) is 61.3. The summed E-state index contributed by atoms with van der Waals surface area (Å²) >= 11 is 1.47. The van der Waals surface area contributed by atoms with Crippen molar-refractivity contribution in [3.63, 3.8) is 0 Å². The Bertz CT molecular complexity index is 922. The summed E-state index contributed by atoms with van der Waals surface area (Å²) in [6, 6.07) is -4.07. The summed E-state index contributed by atoms with van der Waals surface area (Å²) in [5.41, 5.74) is 17.2. The normalized spacial score (nSPS) is 14.1. The molecule has 0 aromatic carbocycles. The molecule has 0 bridgehead atoms. The van der Waals surface area contributed by atoms with Gasteiger partial charge in [0.25, 0.3) is 0 Å². The van der Waals surface area contributed by atoms with Crippen LogP contribution in [0.15, 0.2) is 17.5 Å². The third-order valence-electron chi connectivity index (χ3n) is 5.48. The average Bonchev–Trinajstić information content (AvgIpc) is 3.35. The first-order chi connectivity index (χ1) is 17.9. The van der Waals surface area contributed by atoms with E-state index in [-0.39, 0.29) is 37.7 Å². The molecule has 0 aliphatic heterocycles. The number of aromatic nitrogens is 2. The number of carboxylic acids is 1. The van der Waals surface area contributed by atoms with Gasteiger partial charge in [-0.3, -0.25) is 19.4 Å². The smallest absolute Gasteiger partial charge is 0.326 e. The maximum Gasteiger partial charge on any atom is 0.326 e. The number of hydrogen-bond acceptors (Lipinski definition) is 8. The molecule has 4 unspecified atom stereocenters. The maximum atomic E-state index is 13.2. The molecule has 1 heterocycles. The number of carbonyl (C=O) groups excluding carboxylic acids is 3. The molecule has 38 heavy (non-hydrogen) atoms. The van der Waals surface area contributed by atoms with Crippen molar-refractivity contribution in [2.24, 2.45) is 28.1 Å². The van der Waals surface area contributed by atoms with Gasteiger partial charge >= 0.3 is 5.97 Å². The Labute approximate surface area is 226 Å². The maximum absolute atomic E-state index is 13.2. The van der Waals surface area contributed by atoms with Crippen LogP contribution < -0.4 is 33.2 Å². The molecule has 0 spiro atoms. The monoisotopic (exact) mass is 555 g/mol. The predicted octanol–water partition coefficient (Wildman–Crippen LogP) is -1.33. The summed E-state index contributed by atoms with van der Waals surface area (Å²) in [6.45, 7) is 4.10. The van der Waals surface area contributed by atoms with Gasteiger partial charge in [-0.25, -0.2) is 9.78 Å². The van der Waals surface area contributed by atoms with E-state index >= 15 is 0 Å². The number of H-pyrrole nitrogens is 1. The Kier molecular flexibility index (Phi) is 14.8. The fraction of sp³-hybridized carbons (Fsp3) is 0.652. The SMILES string of the molecule is CSCCC(NC(=O)C(CCCN=C(N)N)NC(=O)C(N)CC(C)C)C(=O)NC(Cc1cnc[nH]1)C(=O)O. The lowest BCUT2D eigenvalue weighted by Gasteiger charge is -2.25. The average molecular weight is 556 g/mol. The van der Waals surface area contributed by atoms with Gasteiger partial charge in [0.1, 0.15) is 18.1 Å². The van der Waals surface area contributed by atoms with Crippen LogP contribution in [0.3, 0.4) is 0 Å². The van der Waals surface area contributed by atoms with E-state index in [1.54, 1.807) is 0 Å². The van der Waals surface area contributed by atoms with Crippen molar-refractivity contribution in [1.29, 1.82) is 0 Å². The molecule has 0 saturated carbocycles. The number of hydrogen-bond donors (Lipinski definition) is 8. The van der Waals surface area contributed by atoms with Gasteiger partial charge in [-0.2, -0.15) is 11.8 Å². The Morgan fingerprint density at radius 2 is 1.66 bits per heavy atom. The fourth-order valence-electron chi connectivity index (χ4n) is 3.53. The standard InChI is InChI=1S/C23H41N9O5S/c1-13(2)9-15(24)19(33)30-16(5-4-7-28-23(25)26)20(34)31-17(6-8-38-3)21(35)32-18(22(36)37)10-14-11-27-12-29-14/h11-13,15-18H,4-10,24H2,1-3H3,(H,27,29)(H,30,33)(H,31,34)(H,32,35)(H,36,37)(H4,25,26,28). The number of aliphatic imine (C=N–C) groups is 1. The van der Waals surface area contributed by atoms with Crippen LogP contribution in [0.4, 0.5) is 0 Å². The highest BCUT2D eigenvalue weighted by atomic mass is 32.2. The van der Waals surface area contributed by atoms with Gasteiger partial charge in [0, 0.05) is 24.9 Å². The molecule has 0 fully saturated rings. The first-order valence-corrected chi connectivity index (χ1v) is 13.7. The topological polar surface area (TPSA) is 244 Å². The van der Waals surface area contributed by atoms with Crippen molar-refractivity contribution < 1.29 is 24.3 Å². The van der Waals surface area contributed by atoms with Crippen LogP contribution in [0, 0.1) is 5.92 Å². The molecule has 3 amide bonds. The Morgan fingerprint density at radius 3 is 2.18 bits per heavy atom. The van der Waals surface area contributed by atoms with E-state index in [4.69, 9.17) is 17.2 Å². The second-order valence-corrected chi connectivity index (χ2v) is 10.3. The van der Waals surface area contributed by atoms with E-state index in [0.29, 0.717) is 24.3 Å². The number of rotatable bonds is 18. The van der Waals surface area contributed by atoms with Crippen LogP contribution in [0.1, 0.15) is 45.2 Å². The van der Waals surface area contributed by atoms with Crippen LogP contribution in [0.25, 0.3) is 0 Å². The van der Waals surface area contributed by atoms with Crippen LogP contribution in [0.5, 0.6) is 0 Å². The number of nitrogens with two attached hydrogens (primary N) is 3. The molecular weight excluding hydrogens is 514 g/mol. The number of aliphatic carboxylic acids is 1. The quantitative estimate of drug-likeness (QED) is 0.0602. The molecular formula is C23H41N9O5S. The van der Waals surface area contributed by atoms with Gasteiger partial charge in [0.15, 0.2) is 5.96 Å². The van der Waals surface area contributed by atoms with Gasteiger partial charge < -0.3 is 43.2 Å². The third-order valence-corrected chi connectivity index (χ3v) is 6.12. The highest BCUT2D eigenvalue weighted by molar-refractivity contribution is 7.98. The number of nitrogens with one attached hydrogen (secondary N) is 4. The molecule has 4 atom stereocenters. The summed E-state index contributed by atoms with van der Waals surface area (Å²) < 4.78 is 0. The number of nitrogens with zero attached hydrogens (tertiary/aromatic N) is 2.